The molecular formula is C20H23NO3. The molecule has 0 aromatic heterocycles. The lowest BCUT2D eigenvalue weighted by Gasteiger charge is -2.27. The second kappa shape index (κ2) is 8.29. The molecule has 0 atom stereocenters. The minimum Gasteiger partial charge on any atom is -0.483 e. The number of rotatable bonds is 7. The number of carbonyl (C=O) groups is 2. The molecule has 0 unspecified atom stereocenters. The van der Waals surface area contributed by atoms with Gasteiger partial charge in [0.15, 0.2) is 12.4 Å². The summed E-state index contributed by atoms with van der Waals surface area (Å²) in [6.45, 7) is 5.89. The molecule has 0 N–H and O–H groups in total. The first-order chi connectivity index (χ1) is 11.5. The van der Waals surface area contributed by atoms with Gasteiger partial charge >= 0.3 is 0 Å². The van der Waals surface area contributed by atoms with Gasteiger partial charge in [0.05, 0.1) is 5.56 Å². The lowest BCUT2D eigenvalue weighted by Crippen LogP contribution is -2.39. The number of ether oxygens (including phenoxy) is 1. The molecule has 0 heterocycles. The number of Topliss-reactive ketones (excluding diaryl/α,β-unsaturated/α-hetero) is 1. The van der Waals surface area contributed by atoms with Gasteiger partial charge in [-0.25, -0.2) is 0 Å². The molecule has 0 saturated carbocycles. The first kappa shape index (κ1) is 17.7. The van der Waals surface area contributed by atoms with Crippen molar-refractivity contribution in [2.45, 2.75) is 33.4 Å². The van der Waals surface area contributed by atoms with E-state index < -0.39 is 0 Å². The molecule has 2 aromatic carbocycles. The largest absolute Gasteiger partial charge is 0.483 e. The Morgan fingerprint density at radius 1 is 1.00 bits per heavy atom. The molecule has 2 rings (SSSR count). The van der Waals surface area contributed by atoms with E-state index in [1.54, 1.807) is 29.2 Å². The van der Waals surface area contributed by atoms with Gasteiger partial charge in [0.1, 0.15) is 5.75 Å². The quantitative estimate of drug-likeness (QED) is 0.729. The van der Waals surface area contributed by atoms with Crippen molar-refractivity contribution in [2.24, 2.45) is 0 Å². The average molecular weight is 325 g/mol. The first-order valence-corrected chi connectivity index (χ1v) is 8.05. The van der Waals surface area contributed by atoms with E-state index in [0.717, 1.165) is 5.56 Å². The van der Waals surface area contributed by atoms with Gasteiger partial charge in [-0.05, 0) is 38.5 Å². The second-order valence-electron chi connectivity index (χ2n) is 5.94. The van der Waals surface area contributed by atoms with Crippen LogP contribution in [0.1, 0.15) is 36.7 Å². The molecule has 2 aromatic rings. The van der Waals surface area contributed by atoms with Crippen LogP contribution in [0.2, 0.25) is 0 Å². The van der Waals surface area contributed by atoms with Crippen molar-refractivity contribution in [1.29, 1.82) is 0 Å². The smallest absolute Gasteiger partial charge is 0.261 e. The predicted octanol–water partition coefficient (Wildman–Crippen LogP) is 3.71. The van der Waals surface area contributed by atoms with E-state index >= 15 is 0 Å². The van der Waals surface area contributed by atoms with E-state index in [1.807, 2.05) is 44.2 Å². The number of ketones is 1. The van der Waals surface area contributed by atoms with Gasteiger partial charge in [0.25, 0.3) is 5.91 Å². The zero-order chi connectivity index (χ0) is 17.5. The van der Waals surface area contributed by atoms with Crippen molar-refractivity contribution >= 4 is 11.7 Å². The molecule has 24 heavy (non-hydrogen) atoms. The topological polar surface area (TPSA) is 46.6 Å². The molecule has 0 radical (unpaired) electrons. The minimum atomic E-state index is -0.104. The highest BCUT2D eigenvalue weighted by atomic mass is 16.5. The number of amides is 1. The molecule has 4 nitrogen and oxygen atoms in total. The Labute approximate surface area is 143 Å². The number of hydrogen-bond acceptors (Lipinski definition) is 3. The van der Waals surface area contributed by atoms with Crippen LogP contribution < -0.4 is 4.74 Å². The number of nitrogens with zero attached hydrogens (tertiary/aromatic N) is 1. The number of carbonyl (C=O) groups excluding carboxylic acids is 2. The van der Waals surface area contributed by atoms with Crippen LogP contribution in [0.25, 0.3) is 0 Å². The normalized spacial score (nSPS) is 10.5. The Morgan fingerprint density at radius 2 is 1.62 bits per heavy atom. The third-order valence-corrected chi connectivity index (χ3v) is 3.76. The Balaban J connectivity index is 2.05. The van der Waals surface area contributed by atoms with E-state index in [2.05, 4.69) is 0 Å². The summed E-state index contributed by atoms with van der Waals surface area (Å²) >= 11 is 0. The molecule has 0 spiro atoms. The zero-order valence-electron chi connectivity index (χ0n) is 14.4. The molecule has 0 bridgehead atoms. The fourth-order valence-corrected chi connectivity index (χ4v) is 2.44. The third kappa shape index (κ3) is 4.69. The summed E-state index contributed by atoms with van der Waals surface area (Å²) in [4.78, 5) is 25.9. The molecular weight excluding hydrogens is 302 g/mol. The summed E-state index contributed by atoms with van der Waals surface area (Å²) in [5.74, 6) is 0.261. The van der Waals surface area contributed by atoms with Crippen LogP contribution in [-0.2, 0) is 11.3 Å². The maximum atomic E-state index is 12.6. The van der Waals surface area contributed by atoms with Gasteiger partial charge < -0.3 is 9.64 Å². The van der Waals surface area contributed by atoms with E-state index in [9.17, 15) is 9.59 Å². The van der Waals surface area contributed by atoms with Crippen LogP contribution in [0.5, 0.6) is 5.75 Å². The summed E-state index contributed by atoms with van der Waals surface area (Å²) < 4.78 is 5.62. The van der Waals surface area contributed by atoms with Crippen LogP contribution >= 0.6 is 0 Å². The van der Waals surface area contributed by atoms with E-state index in [0.29, 0.717) is 17.9 Å². The molecule has 0 aliphatic heterocycles. The lowest BCUT2D eigenvalue weighted by molar-refractivity contribution is -0.135. The van der Waals surface area contributed by atoms with Crippen molar-refractivity contribution < 1.29 is 14.3 Å². The monoisotopic (exact) mass is 325 g/mol. The van der Waals surface area contributed by atoms with Crippen LogP contribution in [0.15, 0.2) is 54.6 Å². The fourth-order valence-electron chi connectivity index (χ4n) is 2.44. The number of para-hydroxylation sites is 1. The standard InChI is InChI=1S/C20H23NO3/c1-15(2)21(13-17-9-5-4-6-10-17)20(23)14-24-19-12-8-7-11-18(19)16(3)22/h4-12,15H,13-14H2,1-3H3. The summed E-state index contributed by atoms with van der Waals surface area (Å²) in [6.07, 6.45) is 0. The van der Waals surface area contributed by atoms with Gasteiger partial charge in [-0.2, -0.15) is 0 Å². The van der Waals surface area contributed by atoms with Crippen LogP contribution in [0.3, 0.4) is 0 Å². The van der Waals surface area contributed by atoms with Crippen LogP contribution in [0.4, 0.5) is 0 Å². The van der Waals surface area contributed by atoms with E-state index in [1.165, 1.54) is 6.92 Å². The third-order valence-electron chi connectivity index (χ3n) is 3.76. The first-order valence-electron chi connectivity index (χ1n) is 8.05. The number of hydrogen-bond donors (Lipinski definition) is 0. The van der Waals surface area contributed by atoms with Gasteiger partial charge in [0.2, 0.25) is 0 Å². The highest BCUT2D eigenvalue weighted by Gasteiger charge is 2.18. The van der Waals surface area contributed by atoms with Crippen molar-refractivity contribution in [1.82, 2.24) is 4.90 Å². The van der Waals surface area contributed by atoms with Gasteiger partial charge in [-0.3, -0.25) is 9.59 Å². The Kier molecular flexibility index (Phi) is 6.13. The Bertz CT molecular complexity index is 695. The summed E-state index contributed by atoms with van der Waals surface area (Å²) in [7, 11) is 0. The molecule has 0 aliphatic carbocycles. The fraction of sp³-hybridized carbons (Fsp3) is 0.300. The van der Waals surface area contributed by atoms with Crippen LogP contribution in [-0.4, -0.2) is 29.2 Å². The number of benzene rings is 2. The molecule has 0 fully saturated rings. The zero-order valence-corrected chi connectivity index (χ0v) is 14.4. The molecule has 4 heteroatoms. The SMILES string of the molecule is CC(=O)c1ccccc1OCC(=O)N(Cc1ccccc1)C(C)C. The highest BCUT2D eigenvalue weighted by molar-refractivity contribution is 5.96. The van der Waals surface area contributed by atoms with Gasteiger partial charge in [-0.15, -0.1) is 0 Å². The lowest BCUT2D eigenvalue weighted by atomic mass is 10.1. The Hall–Kier alpha value is -2.62. The predicted molar refractivity (Wildman–Crippen MR) is 94.1 cm³/mol. The summed E-state index contributed by atoms with van der Waals surface area (Å²) in [6, 6.07) is 16.9. The van der Waals surface area contributed by atoms with E-state index in [-0.39, 0.29) is 24.3 Å². The minimum absolute atomic E-state index is 0.0596. The molecule has 0 aliphatic rings. The summed E-state index contributed by atoms with van der Waals surface area (Å²) in [5.41, 5.74) is 1.56. The average Bonchev–Trinajstić information content (AvgIpc) is 2.58. The Morgan fingerprint density at radius 3 is 2.25 bits per heavy atom. The molecule has 0 saturated heterocycles. The van der Waals surface area contributed by atoms with E-state index in [4.69, 9.17) is 4.74 Å². The molecule has 1 amide bonds. The van der Waals surface area contributed by atoms with Crippen molar-refractivity contribution in [3.05, 3.63) is 65.7 Å². The van der Waals surface area contributed by atoms with Gasteiger partial charge in [-0.1, -0.05) is 42.5 Å². The van der Waals surface area contributed by atoms with Gasteiger partial charge in [0, 0.05) is 12.6 Å². The maximum absolute atomic E-state index is 12.6. The van der Waals surface area contributed by atoms with Crippen molar-refractivity contribution in [2.75, 3.05) is 6.61 Å². The molecule has 126 valence electrons. The maximum Gasteiger partial charge on any atom is 0.261 e. The second-order valence-corrected chi connectivity index (χ2v) is 5.94. The highest BCUT2D eigenvalue weighted by Crippen LogP contribution is 2.19. The van der Waals surface area contributed by atoms with Crippen molar-refractivity contribution in [3.63, 3.8) is 0 Å². The van der Waals surface area contributed by atoms with Crippen LogP contribution in [0, 0.1) is 0 Å². The summed E-state index contributed by atoms with van der Waals surface area (Å²) in [5, 5.41) is 0. The van der Waals surface area contributed by atoms with Crippen molar-refractivity contribution in [3.8, 4) is 5.75 Å².